The number of nitrogens with zero attached hydrogens (tertiary/aromatic N) is 4. The van der Waals surface area contributed by atoms with Crippen molar-refractivity contribution >= 4 is 11.7 Å². The number of fused-ring (bicyclic) bond motifs is 1. The highest BCUT2D eigenvalue weighted by molar-refractivity contribution is 5.83. The lowest BCUT2D eigenvalue weighted by Crippen LogP contribution is -2.47. The lowest BCUT2D eigenvalue weighted by Gasteiger charge is -2.39. The number of morpholine rings is 1. The van der Waals surface area contributed by atoms with Crippen molar-refractivity contribution in [2.45, 2.75) is 58.3 Å². The molecule has 3 aliphatic rings. The summed E-state index contributed by atoms with van der Waals surface area (Å²) in [5.41, 5.74) is 3.51. The SMILES string of the molecule is Cc1nc2c(c(N3C[C@@H](C)O[C@H](C)C3)n1)CN(C(=O)[C@@H]1C[C@H]1c1ccccc1)CC2. The van der Waals surface area contributed by atoms with Gasteiger partial charge in [0.25, 0.3) is 0 Å². The third-order valence-electron chi connectivity index (χ3n) is 6.52. The molecule has 3 heterocycles. The van der Waals surface area contributed by atoms with E-state index in [1.165, 1.54) is 5.56 Å². The number of hydrogen-bond acceptors (Lipinski definition) is 5. The normalized spacial score (nSPS) is 28.2. The van der Waals surface area contributed by atoms with Gasteiger partial charge in [-0.15, -0.1) is 0 Å². The Hall–Kier alpha value is -2.47. The van der Waals surface area contributed by atoms with Gasteiger partial charge in [0.15, 0.2) is 0 Å². The van der Waals surface area contributed by atoms with E-state index in [1.807, 2.05) is 17.9 Å². The summed E-state index contributed by atoms with van der Waals surface area (Å²) in [6.45, 7) is 9.17. The third kappa shape index (κ3) is 3.69. The second-order valence-electron chi connectivity index (χ2n) is 9.05. The van der Waals surface area contributed by atoms with E-state index in [0.717, 1.165) is 55.4 Å². The zero-order valence-corrected chi connectivity index (χ0v) is 18.0. The van der Waals surface area contributed by atoms with Gasteiger partial charge in [-0.1, -0.05) is 30.3 Å². The van der Waals surface area contributed by atoms with Gasteiger partial charge in [0.1, 0.15) is 11.6 Å². The number of ether oxygens (including phenoxy) is 1. The molecule has 0 unspecified atom stereocenters. The van der Waals surface area contributed by atoms with Crippen LogP contribution in [0, 0.1) is 12.8 Å². The maximum absolute atomic E-state index is 13.3. The average Bonchev–Trinajstić information content (AvgIpc) is 3.53. The maximum atomic E-state index is 13.3. The van der Waals surface area contributed by atoms with Crippen LogP contribution in [0.4, 0.5) is 5.82 Å². The van der Waals surface area contributed by atoms with Crippen LogP contribution in [-0.4, -0.2) is 52.6 Å². The topological polar surface area (TPSA) is 58.6 Å². The maximum Gasteiger partial charge on any atom is 0.226 e. The molecule has 6 heteroatoms. The Morgan fingerprint density at radius 3 is 2.57 bits per heavy atom. The van der Waals surface area contributed by atoms with Crippen LogP contribution in [-0.2, 0) is 22.5 Å². The summed E-state index contributed by atoms with van der Waals surface area (Å²) in [5, 5.41) is 0. The summed E-state index contributed by atoms with van der Waals surface area (Å²) in [7, 11) is 0. The zero-order valence-electron chi connectivity index (χ0n) is 18.0. The van der Waals surface area contributed by atoms with Gasteiger partial charge in [0.2, 0.25) is 5.91 Å². The minimum Gasteiger partial charge on any atom is -0.372 e. The van der Waals surface area contributed by atoms with Crippen molar-refractivity contribution in [3.63, 3.8) is 0 Å². The van der Waals surface area contributed by atoms with Crippen molar-refractivity contribution in [3.8, 4) is 0 Å². The van der Waals surface area contributed by atoms with E-state index in [9.17, 15) is 4.79 Å². The van der Waals surface area contributed by atoms with E-state index in [4.69, 9.17) is 14.7 Å². The third-order valence-corrected chi connectivity index (χ3v) is 6.52. The monoisotopic (exact) mass is 406 g/mol. The molecular weight excluding hydrogens is 376 g/mol. The highest BCUT2D eigenvalue weighted by atomic mass is 16.5. The van der Waals surface area contributed by atoms with Crippen LogP contribution in [0.5, 0.6) is 0 Å². The van der Waals surface area contributed by atoms with E-state index in [0.29, 0.717) is 12.5 Å². The Bertz CT molecular complexity index is 938. The van der Waals surface area contributed by atoms with Crippen LogP contribution in [0.2, 0.25) is 0 Å². The minimum atomic E-state index is 0.118. The first-order valence-electron chi connectivity index (χ1n) is 11.1. The number of hydrogen-bond donors (Lipinski definition) is 0. The highest BCUT2D eigenvalue weighted by Gasteiger charge is 2.46. The summed E-state index contributed by atoms with van der Waals surface area (Å²) in [6.07, 6.45) is 2.09. The molecule has 0 bridgehead atoms. The van der Waals surface area contributed by atoms with E-state index < -0.39 is 0 Å². The molecule has 1 saturated heterocycles. The molecule has 1 saturated carbocycles. The lowest BCUT2D eigenvalue weighted by molar-refractivity contribution is -0.133. The number of aromatic nitrogens is 2. The fraction of sp³-hybridized carbons (Fsp3) is 0.542. The molecule has 158 valence electrons. The Kier molecular flexibility index (Phi) is 4.97. The summed E-state index contributed by atoms with van der Waals surface area (Å²) in [6, 6.07) is 10.4. The smallest absolute Gasteiger partial charge is 0.226 e. The minimum absolute atomic E-state index is 0.118. The quantitative estimate of drug-likeness (QED) is 0.784. The van der Waals surface area contributed by atoms with Crippen LogP contribution in [0.15, 0.2) is 30.3 Å². The molecule has 4 atom stereocenters. The second kappa shape index (κ2) is 7.65. The molecule has 2 aromatic rings. The summed E-state index contributed by atoms with van der Waals surface area (Å²) in [5.74, 6) is 2.57. The summed E-state index contributed by atoms with van der Waals surface area (Å²) in [4.78, 5) is 27.2. The number of amides is 1. The van der Waals surface area contributed by atoms with E-state index >= 15 is 0 Å². The molecule has 1 aromatic carbocycles. The number of benzene rings is 1. The largest absolute Gasteiger partial charge is 0.372 e. The molecule has 2 aliphatic heterocycles. The lowest BCUT2D eigenvalue weighted by atomic mass is 10.0. The first-order valence-corrected chi connectivity index (χ1v) is 11.1. The first-order chi connectivity index (χ1) is 14.5. The van der Waals surface area contributed by atoms with Crippen molar-refractivity contribution in [2.75, 3.05) is 24.5 Å². The molecule has 1 aromatic heterocycles. The molecule has 2 fully saturated rings. The van der Waals surface area contributed by atoms with Gasteiger partial charge in [-0.3, -0.25) is 4.79 Å². The Balaban J connectivity index is 1.36. The van der Waals surface area contributed by atoms with Crippen molar-refractivity contribution in [1.82, 2.24) is 14.9 Å². The van der Waals surface area contributed by atoms with Crippen LogP contribution >= 0.6 is 0 Å². The molecule has 0 N–H and O–H groups in total. The van der Waals surface area contributed by atoms with E-state index in [-0.39, 0.29) is 24.0 Å². The second-order valence-corrected chi connectivity index (χ2v) is 9.05. The van der Waals surface area contributed by atoms with Crippen LogP contribution in [0.25, 0.3) is 0 Å². The van der Waals surface area contributed by atoms with Gasteiger partial charge in [0.05, 0.1) is 24.4 Å². The Morgan fingerprint density at radius 1 is 1.10 bits per heavy atom. The molecule has 1 amide bonds. The van der Waals surface area contributed by atoms with Crippen molar-refractivity contribution < 1.29 is 9.53 Å². The van der Waals surface area contributed by atoms with Crippen molar-refractivity contribution in [3.05, 3.63) is 53.0 Å². The van der Waals surface area contributed by atoms with Crippen LogP contribution < -0.4 is 4.90 Å². The number of aryl methyl sites for hydroxylation is 1. The van der Waals surface area contributed by atoms with Gasteiger partial charge in [-0.05, 0) is 38.7 Å². The van der Waals surface area contributed by atoms with E-state index in [2.05, 4.69) is 43.0 Å². The molecule has 6 nitrogen and oxygen atoms in total. The Labute approximate surface area is 178 Å². The molecule has 30 heavy (non-hydrogen) atoms. The van der Waals surface area contributed by atoms with Crippen molar-refractivity contribution in [1.29, 1.82) is 0 Å². The fourth-order valence-corrected chi connectivity index (χ4v) is 5.09. The zero-order chi connectivity index (χ0) is 20.8. The van der Waals surface area contributed by atoms with Crippen molar-refractivity contribution in [2.24, 2.45) is 5.92 Å². The van der Waals surface area contributed by atoms with Gasteiger partial charge in [0, 0.05) is 37.5 Å². The molecule has 1 aliphatic carbocycles. The van der Waals surface area contributed by atoms with Gasteiger partial charge >= 0.3 is 0 Å². The van der Waals surface area contributed by atoms with Gasteiger partial charge < -0.3 is 14.5 Å². The fourth-order valence-electron chi connectivity index (χ4n) is 5.09. The number of carbonyl (C=O) groups excluding carboxylic acids is 1. The number of carbonyl (C=O) groups is 1. The standard InChI is InChI=1S/C24H30N4O2/c1-15-12-28(13-16(2)30-15)23-21-14-27(10-9-22(21)25-17(3)26-23)24(29)20-11-19(20)18-7-5-4-6-8-18/h4-8,15-16,19-20H,9-14H2,1-3H3/t15-,16-,19+,20-/m1/s1. The molecule has 0 spiro atoms. The van der Waals surface area contributed by atoms with E-state index in [1.54, 1.807) is 0 Å². The predicted octanol–water partition coefficient (Wildman–Crippen LogP) is 3.09. The number of rotatable bonds is 3. The molecule has 0 radical (unpaired) electrons. The highest BCUT2D eigenvalue weighted by Crippen LogP contribution is 2.48. The van der Waals surface area contributed by atoms with Crippen LogP contribution in [0.1, 0.15) is 48.8 Å². The molecular formula is C24H30N4O2. The molecule has 5 rings (SSSR count). The Morgan fingerprint density at radius 2 is 1.83 bits per heavy atom. The van der Waals surface area contributed by atoms with Gasteiger partial charge in [-0.25, -0.2) is 9.97 Å². The first kappa shape index (κ1) is 19.5. The predicted molar refractivity (Wildman–Crippen MR) is 115 cm³/mol. The average molecular weight is 407 g/mol. The van der Waals surface area contributed by atoms with Gasteiger partial charge in [-0.2, -0.15) is 0 Å². The number of anilines is 1. The summed E-state index contributed by atoms with van der Waals surface area (Å²) >= 11 is 0. The van der Waals surface area contributed by atoms with Crippen LogP contribution in [0.3, 0.4) is 0 Å². The summed E-state index contributed by atoms with van der Waals surface area (Å²) < 4.78 is 5.92.